The fourth-order valence-electron chi connectivity index (χ4n) is 1.92. The Labute approximate surface area is 100 Å². The molecule has 0 radical (unpaired) electrons. The smallest absolute Gasteiger partial charge is 0.258 e. The molecule has 0 N–H and O–H groups in total. The van der Waals surface area contributed by atoms with E-state index in [0.29, 0.717) is 5.69 Å². The van der Waals surface area contributed by atoms with Crippen LogP contribution < -0.4 is 4.90 Å². The third-order valence-corrected chi connectivity index (χ3v) is 2.73. The fraction of sp³-hybridized carbons (Fsp3) is 0.143. The van der Waals surface area contributed by atoms with E-state index in [0.717, 1.165) is 16.7 Å². The van der Waals surface area contributed by atoms with E-state index in [1.54, 1.807) is 0 Å². The summed E-state index contributed by atoms with van der Waals surface area (Å²) in [7, 11) is 0. The van der Waals surface area contributed by atoms with E-state index in [-0.39, 0.29) is 11.8 Å². The molecule has 3 heteroatoms. The summed E-state index contributed by atoms with van der Waals surface area (Å²) in [5.41, 5.74) is 3.18. The van der Waals surface area contributed by atoms with Crippen molar-refractivity contribution in [2.24, 2.45) is 0 Å². The molecule has 1 aromatic carbocycles. The lowest BCUT2D eigenvalue weighted by Crippen LogP contribution is -2.31. The Morgan fingerprint density at radius 3 is 2.29 bits per heavy atom. The lowest BCUT2D eigenvalue weighted by molar-refractivity contribution is -0.119. The SMILES string of the molecule is C=C(C)c1cccc(C)c1N1C(=O)C=CC1=O. The molecule has 0 saturated carbocycles. The van der Waals surface area contributed by atoms with Crippen molar-refractivity contribution in [3.05, 3.63) is 48.1 Å². The summed E-state index contributed by atoms with van der Waals surface area (Å²) in [5, 5.41) is 0. The molecule has 0 atom stereocenters. The van der Waals surface area contributed by atoms with Crippen LogP contribution in [0.4, 0.5) is 5.69 Å². The standard InChI is InChI=1S/C14H13NO2/c1-9(2)11-6-4-5-10(3)14(11)15-12(16)7-8-13(15)17/h4-8H,1H2,2-3H3. The van der Waals surface area contributed by atoms with Crippen LogP contribution in [0, 0.1) is 6.92 Å². The molecular formula is C14H13NO2. The second-order valence-electron chi connectivity index (χ2n) is 4.10. The normalized spacial score (nSPS) is 14.6. The number of benzene rings is 1. The number of anilines is 1. The van der Waals surface area contributed by atoms with Crippen LogP contribution in [0.1, 0.15) is 18.1 Å². The van der Waals surface area contributed by atoms with Crippen LogP contribution in [0.2, 0.25) is 0 Å². The van der Waals surface area contributed by atoms with Gasteiger partial charge in [0.15, 0.2) is 0 Å². The van der Waals surface area contributed by atoms with E-state index >= 15 is 0 Å². The Morgan fingerprint density at radius 2 is 1.76 bits per heavy atom. The highest BCUT2D eigenvalue weighted by atomic mass is 16.2. The molecule has 1 aliphatic heterocycles. The van der Waals surface area contributed by atoms with Gasteiger partial charge in [0, 0.05) is 17.7 Å². The maximum absolute atomic E-state index is 11.7. The molecule has 1 aromatic rings. The molecule has 0 aliphatic carbocycles. The summed E-state index contributed by atoms with van der Waals surface area (Å²) >= 11 is 0. The zero-order chi connectivity index (χ0) is 12.6. The fourth-order valence-corrected chi connectivity index (χ4v) is 1.92. The van der Waals surface area contributed by atoms with Crippen molar-refractivity contribution in [2.75, 3.05) is 4.90 Å². The predicted molar refractivity (Wildman–Crippen MR) is 67.5 cm³/mol. The number of hydrogen-bond acceptors (Lipinski definition) is 2. The van der Waals surface area contributed by atoms with Crippen molar-refractivity contribution in [1.82, 2.24) is 0 Å². The number of nitrogens with zero attached hydrogens (tertiary/aromatic N) is 1. The highest BCUT2D eigenvalue weighted by Gasteiger charge is 2.28. The van der Waals surface area contributed by atoms with Gasteiger partial charge in [-0.05, 0) is 25.0 Å². The molecule has 2 rings (SSSR count). The van der Waals surface area contributed by atoms with Gasteiger partial charge < -0.3 is 0 Å². The molecule has 1 aliphatic rings. The quantitative estimate of drug-likeness (QED) is 0.728. The molecule has 0 saturated heterocycles. The summed E-state index contributed by atoms with van der Waals surface area (Å²) in [5.74, 6) is -0.599. The van der Waals surface area contributed by atoms with Gasteiger partial charge in [-0.25, -0.2) is 4.90 Å². The van der Waals surface area contributed by atoms with Crippen LogP contribution >= 0.6 is 0 Å². The molecule has 3 nitrogen and oxygen atoms in total. The van der Waals surface area contributed by atoms with Gasteiger partial charge in [-0.1, -0.05) is 24.8 Å². The number of carbonyl (C=O) groups excluding carboxylic acids is 2. The van der Waals surface area contributed by atoms with Crippen LogP contribution in [-0.4, -0.2) is 11.8 Å². The van der Waals surface area contributed by atoms with E-state index in [9.17, 15) is 9.59 Å². The molecule has 2 amide bonds. The van der Waals surface area contributed by atoms with E-state index in [1.807, 2.05) is 32.0 Å². The zero-order valence-corrected chi connectivity index (χ0v) is 9.86. The van der Waals surface area contributed by atoms with Gasteiger partial charge in [0.1, 0.15) is 0 Å². The molecule has 0 bridgehead atoms. The minimum atomic E-state index is -0.299. The molecule has 1 heterocycles. The second kappa shape index (κ2) is 4.01. The lowest BCUT2D eigenvalue weighted by Gasteiger charge is -2.20. The number of para-hydroxylation sites is 1. The Balaban J connectivity index is 2.63. The van der Waals surface area contributed by atoms with Crippen molar-refractivity contribution in [2.45, 2.75) is 13.8 Å². The van der Waals surface area contributed by atoms with Gasteiger partial charge in [0.05, 0.1) is 5.69 Å². The topological polar surface area (TPSA) is 37.4 Å². The molecule has 0 aromatic heterocycles. The highest BCUT2D eigenvalue weighted by molar-refractivity contribution is 6.29. The largest absolute Gasteiger partial charge is 0.269 e. The van der Waals surface area contributed by atoms with Crippen LogP contribution in [0.3, 0.4) is 0 Å². The Morgan fingerprint density at radius 1 is 1.18 bits per heavy atom. The van der Waals surface area contributed by atoms with Crippen molar-refractivity contribution in [3.8, 4) is 0 Å². The predicted octanol–water partition coefficient (Wildman–Crippen LogP) is 2.46. The van der Waals surface area contributed by atoms with Crippen molar-refractivity contribution in [3.63, 3.8) is 0 Å². The van der Waals surface area contributed by atoms with Gasteiger partial charge in [-0.15, -0.1) is 0 Å². The van der Waals surface area contributed by atoms with Crippen LogP contribution in [0.5, 0.6) is 0 Å². The first-order valence-corrected chi connectivity index (χ1v) is 5.34. The Kier molecular flexibility index (Phi) is 2.68. The van der Waals surface area contributed by atoms with Crippen LogP contribution in [0.25, 0.3) is 5.57 Å². The molecule has 86 valence electrons. The molecule has 0 spiro atoms. The maximum atomic E-state index is 11.7. The van der Waals surface area contributed by atoms with Gasteiger partial charge in [-0.3, -0.25) is 9.59 Å². The van der Waals surface area contributed by atoms with Crippen LogP contribution in [0.15, 0.2) is 36.9 Å². The first-order valence-electron chi connectivity index (χ1n) is 5.34. The van der Waals surface area contributed by atoms with Gasteiger partial charge in [-0.2, -0.15) is 0 Å². The van der Waals surface area contributed by atoms with Gasteiger partial charge >= 0.3 is 0 Å². The van der Waals surface area contributed by atoms with E-state index in [4.69, 9.17) is 0 Å². The molecular weight excluding hydrogens is 214 g/mol. The van der Waals surface area contributed by atoms with E-state index < -0.39 is 0 Å². The maximum Gasteiger partial charge on any atom is 0.258 e. The first kappa shape index (κ1) is 11.3. The van der Waals surface area contributed by atoms with Crippen molar-refractivity contribution in [1.29, 1.82) is 0 Å². The third kappa shape index (κ3) is 1.80. The Bertz CT molecular complexity index is 537. The monoisotopic (exact) mass is 227 g/mol. The third-order valence-electron chi connectivity index (χ3n) is 2.73. The molecule has 0 unspecified atom stereocenters. The number of hydrogen-bond donors (Lipinski definition) is 0. The molecule has 0 fully saturated rings. The van der Waals surface area contributed by atoms with E-state index in [2.05, 4.69) is 6.58 Å². The van der Waals surface area contributed by atoms with Crippen LogP contribution in [-0.2, 0) is 9.59 Å². The van der Waals surface area contributed by atoms with Gasteiger partial charge in [0.2, 0.25) is 0 Å². The average Bonchev–Trinajstić information content (AvgIpc) is 2.59. The number of rotatable bonds is 2. The minimum Gasteiger partial charge on any atom is -0.269 e. The van der Waals surface area contributed by atoms with E-state index in [1.165, 1.54) is 17.1 Å². The Hall–Kier alpha value is -2.16. The average molecular weight is 227 g/mol. The lowest BCUT2D eigenvalue weighted by atomic mass is 10.0. The summed E-state index contributed by atoms with van der Waals surface area (Å²) in [4.78, 5) is 24.6. The summed E-state index contributed by atoms with van der Waals surface area (Å²) in [6.07, 6.45) is 2.58. The number of amides is 2. The number of aryl methyl sites for hydroxylation is 1. The second-order valence-corrected chi connectivity index (χ2v) is 4.10. The van der Waals surface area contributed by atoms with Crippen molar-refractivity contribution >= 4 is 23.1 Å². The van der Waals surface area contributed by atoms with Crippen molar-refractivity contribution < 1.29 is 9.59 Å². The molecule has 17 heavy (non-hydrogen) atoms. The number of allylic oxidation sites excluding steroid dienone is 1. The number of carbonyl (C=O) groups is 2. The first-order chi connectivity index (χ1) is 8.02. The highest BCUT2D eigenvalue weighted by Crippen LogP contribution is 2.31. The number of imide groups is 1. The zero-order valence-electron chi connectivity index (χ0n) is 9.86. The van der Waals surface area contributed by atoms with Gasteiger partial charge in [0.25, 0.3) is 11.8 Å². The summed E-state index contributed by atoms with van der Waals surface area (Å²) in [6.45, 7) is 7.61. The minimum absolute atomic E-state index is 0.299. The summed E-state index contributed by atoms with van der Waals surface area (Å²) in [6, 6.07) is 5.63. The summed E-state index contributed by atoms with van der Waals surface area (Å²) < 4.78 is 0.